The predicted octanol–water partition coefficient (Wildman–Crippen LogP) is 2.57. The number of hydrogen-bond acceptors (Lipinski definition) is 2. The molecular weight excluding hydrogens is 265 g/mol. The second-order valence-corrected chi connectivity index (χ2v) is 4.51. The van der Waals surface area contributed by atoms with Crippen molar-refractivity contribution in [3.8, 4) is 0 Å². The van der Waals surface area contributed by atoms with E-state index in [-0.39, 0.29) is 23.8 Å². The normalized spacial score (nSPS) is 19.8. The number of carboxylic acids is 1. The van der Waals surface area contributed by atoms with Gasteiger partial charge in [-0.05, 0) is 18.6 Å². The second-order valence-electron chi connectivity index (χ2n) is 3.73. The number of hydrogen-bond donors (Lipinski definition) is 1. The Morgan fingerprint density at radius 3 is 2.76 bits per heavy atom. The van der Waals surface area contributed by atoms with Crippen LogP contribution in [0, 0.1) is 0 Å². The smallest absolute Gasteiger partial charge is 0.326 e. The van der Waals surface area contributed by atoms with Crippen LogP contribution in [0.5, 0.6) is 0 Å². The van der Waals surface area contributed by atoms with Crippen molar-refractivity contribution in [2.45, 2.75) is 18.9 Å². The van der Waals surface area contributed by atoms with E-state index in [1.165, 1.54) is 4.90 Å². The van der Waals surface area contributed by atoms with Crippen LogP contribution in [0.2, 0.25) is 10.0 Å². The van der Waals surface area contributed by atoms with Gasteiger partial charge in [-0.25, -0.2) is 4.79 Å². The average Bonchev–Trinajstić information content (AvgIpc) is 2.65. The Morgan fingerprint density at radius 1 is 1.41 bits per heavy atom. The van der Waals surface area contributed by atoms with Gasteiger partial charge in [0.05, 0.1) is 15.7 Å². The lowest BCUT2D eigenvalue weighted by Crippen LogP contribution is -2.38. The standard InChI is InChI=1S/C11H9Cl2NO3/c12-6-2-1-3-7(10(6)13)14-8(11(16)17)4-5-9(14)15/h1-3,8H,4-5H2,(H,16,17). The molecule has 6 heteroatoms. The van der Waals surface area contributed by atoms with E-state index in [0.717, 1.165) is 0 Å². The molecule has 1 aromatic rings. The topological polar surface area (TPSA) is 57.6 Å². The van der Waals surface area contributed by atoms with Gasteiger partial charge in [0.25, 0.3) is 0 Å². The first-order valence-electron chi connectivity index (χ1n) is 5.01. The van der Waals surface area contributed by atoms with Crippen LogP contribution < -0.4 is 4.90 Å². The first-order valence-corrected chi connectivity index (χ1v) is 5.77. The minimum Gasteiger partial charge on any atom is -0.480 e. The zero-order valence-corrected chi connectivity index (χ0v) is 10.2. The van der Waals surface area contributed by atoms with Crippen LogP contribution in [0.3, 0.4) is 0 Å². The Kier molecular flexibility index (Phi) is 3.26. The highest BCUT2D eigenvalue weighted by Gasteiger charge is 2.38. The van der Waals surface area contributed by atoms with Crippen LogP contribution in [-0.4, -0.2) is 23.0 Å². The third-order valence-corrected chi connectivity index (χ3v) is 3.50. The van der Waals surface area contributed by atoms with E-state index in [0.29, 0.717) is 10.7 Å². The number of carbonyl (C=O) groups excluding carboxylic acids is 1. The number of benzene rings is 1. The molecule has 0 radical (unpaired) electrons. The number of halogens is 2. The van der Waals surface area contributed by atoms with Crippen LogP contribution in [0.1, 0.15) is 12.8 Å². The molecule has 0 aliphatic carbocycles. The number of amides is 1. The number of aliphatic carboxylic acids is 1. The molecule has 0 saturated carbocycles. The summed E-state index contributed by atoms with van der Waals surface area (Å²) in [6.45, 7) is 0. The van der Waals surface area contributed by atoms with Crippen LogP contribution in [0.15, 0.2) is 18.2 Å². The van der Waals surface area contributed by atoms with E-state index in [4.69, 9.17) is 28.3 Å². The van der Waals surface area contributed by atoms with Gasteiger partial charge in [0, 0.05) is 6.42 Å². The minimum absolute atomic E-state index is 0.204. The van der Waals surface area contributed by atoms with Crippen LogP contribution in [-0.2, 0) is 9.59 Å². The van der Waals surface area contributed by atoms with Crippen molar-refractivity contribution in [3.05, 3.63) is 28.2 Å². The second kappa shape index (κ2) is 4.55. The third kappa shape index (κ3) is 2.10. The molecule has 90 valence electrons. The molecule has 1 amide bonds. The molecule has 2 rings (SSSR count). The molecular formula is C11H9Cl2NO3. The average molecular weight is 274 g/mol. The van der Waals surface area contributed by atoms with Gasteiger partial charge < -0.3 is 5.11 Å². The highest BCUT2D eigenvalue weighted by Crippen LogP contribution is 2.36. The Morgan fingerprint density at radius 2 is 2.12 bits per heavy atom. The number of carbonyl (C=O) groups is 2. The van der Waals surface area contributed by atoms with Crippen molar-refractivity contribution in [2.75, 3.05) is 4.90 Å². The molecule has 1 heterocycles. The first kappa shape index (κ1) is 12.2. The highest BCUT2D eigenvalue weighted by molar-refractivity contribution is 6.44. The van der Waals surface area contributed by atoms with Gasteiger partial charge in [-0.15, -0.1) is 0 Å². The van der Waals surface area contributed by atoms with Crippen molar-refractivity contribution in [3.63, 3.8) is 0 Å². The fourth-order valence-corrected chi connectivity index (χ4v) is 2.28. The Balaban J connectivity index is 2.47. The summed E-state index contributed by atoms with van der Waals surface area (Å²) in [5, 5.41) is 9.56. The molecule has 1 saturated heterocycles. The summed E-state index contributed by atoms with van der Waals surface area (Å²) in [4.78, 5) is 24.0. The third-order valence-electron chi connectivity index (χ3n) is 2.69. The molecule has 0 aromatic heterocycles. The van der Waals surface area contributed by atoms with Crippen molar-refractivity contribution in [1.82, 2.24) is 0 Å². The van der Waals surface area contributed by atoms with Crippen molar-refractivity contribution in [1.29, 1.82) is 0 Å². The van der Waals surface area contributed by atoms with Gasteiger partial charge in [-0.3, -0.25) is 9.69 Å². The number of rotatable bonds is 2. The molecule has 1 unspecified atom stereocenters. The van der Waals surface area contributed by atoms with Gasteiger partial charge >= 0.3 is 5.97 Å². The first-order chi connectivity index (χ1) is 8.02. The summed E-state index contributed by atoms with van der Waals surface area (Å²) >= 11 is 11.8. The summed E-state index contributed by atoms with van der Waals surface area (Å²) in [6, 6.07) is 3.95. The molecule has 1 aromatic carbocycles. The van der Waals surface area contributed by atoms with Gasteiger partial charge in [0.2, 0.25) is 5.91 Å². The van der Waals surface area contributed by atoms with Gasteiger partial charge in [0.15, 0.2) is 0 Å². The van der Waals surface area contributed by atoms with Crippen LogP contribution >= 0.6 is 23.2 Å². The summed E-state index contributed by atoms with van der Waals surface area (Å²) < 4.78 is 0. The van der Waals surface area contributed by atoms with Crippen LogP contribution in [0.4, 0.5) is 5.69 Å². The maximum absolute atomic E-state index is 11.7. The quantitative estimate of drug-likeness (QED) is 0.901. The van der Waals surface area contributed by atoms with E-state index in [1.807, 2.05) is 0 Å². The predicted molar refractivity (Wildman–Crippen MR) is 64.6 cm³/mol. The van der Waals surface area contributed by atoms with E-state index >= 15 is 0 Å². The van der Waals surface area contributed by atoms with E-state index in [1.54, 1.807) is 18.2 Å². The zero-order valence-electron chi connectivity index (χ0n) is 8.69. The molecule has 17 heavy (non-hydrogen) atoms. The maximum Gasteiger partial charge on any atom is 0.326 e. The Hall–Kier alpha value is -1.26. The van der Waals surface area contributed by atoms with E-state index in [2.05, 4.69) is 0 Å². The SMILES string of the molecule is O=C(O)C1CCC(=O)N1c1cccc(Cl)c1Cl. The summed E-state index contributed by atoms with van der Waals surface area (Å²) in [5.41, 5.74) is 0.356. The van der Waals surface area contributed by atoms with Crippen molar-refractivity contribution >= 4 is 40.8 Å². The van der Waals surface area contributed by atoms with Gasteiger partial charge in [0.1, 0.15) is 6.04 Å². The lowest BCUT2D eigenvalue weighted by atomic mass is 10.2. The number of anilines is 1. The molecule has 0 bridgehead atoms. The largest absolute Gasteiger partial charge is 0.480 e. The maximum atomic E-state index is 11.7. The lowest BCUT2D eigenvalue weighted by molar-refractivity contribution is -0.138. The summed E-state index contributed by atoms with van der Waals surface area (Å²) in [7, 11) is 0. The molecule has 1 N–H and O–H groups in total. The van der Waals surface area contributed by atoms with Crippen LogP contribution in [0.25, 0.3) is 0 Å². The molecule has 4 nitrogen and oxygen atoms in total. The fourth-order valence-electron chi connectivity index (χ4n) is 1.90. The van der Waals surface area contributed by atoms with Gasteiger partial charge in [-0.1, -0.05) is 29.3 Å². The van der Waals surface area contributed by atoms with Crippen molar-refractivity contribution < 1.29 is 14.7 Å². The molecule has 1 atom stereocenters. The molecule has 1 aliphatic rings. The minimum atomic E-state index is -1.04. The van der Waals surface area contributed by atoms with Crippen molar-refractivity contribution in [2.24, 2.45) is 0 Å². The Bertz CT molecular complexity index is 490. The number of carboxylic acid groups (broad SMARTS) is 1. The van der Waals surface area contributed by atoms with E-state index < -0.39 is 12.0 Å². The fraction of sp³-hybridized carbons (Fsp3) is 0.273. The highest BCUT2D eigenvalue weighted by atomic mass is 35.5. The monoisotopic (exact) mass is 273 g/mol. The lowest BCUT2D eigenvalue weighted by Gasteiger charge is -2.23. The summed E-state index contributed by atoms with van der Waals surface area (Å²) in [6.07, 6.45) is 0.497. The van der Waals surface area contributed by atoms with E-state index in [9.17, 15) is 9.59 Å². The zero-order chi connectivity index (χ0) is 12.6. The molecule has 0 spiro atoms. The van der Waals surface area contributed by atoms with Gasteiger partial charge in [-0.2, -0.15) is 0 Å². The molecule has 1 aliphatic heterocycles. The summed E-state index contributed by atoms with van der Waals surface area (Å²) in [5.74, 6) is -1.28. The Labute approximate surface area is 108 Å². The number of nitrogens with zero attached hydrogens (tertiary/aromatic N) is 1. The molecule has 1 fully saturated rings.